The fourth-order valence-corrected chi connectivity index (χ4v) is 0.916. The molecule has 0 aliphatic carbocycles. The smallest absolute Gasteiger partial charge is 0.302 e. The van der Waals surface area contributed by atoms with E-state index in [1.807, 2.05) is 0 Å². The fourth-order valence-electron chi connectivity index (χ4n) is 0.313. The van der Waals surface area contributed by atoms with E-state index >= 15 is 0 Å². The number of hydrogen-bond donors (Lipinski definition) is 0. The molecule has 0 saturated carbocycles. The maximum absolute atomic E-state index is 10.2. The monoisotopic (exact) mass is 186 g/mol. The number of rotatable bonds is 2. The third kappa shape index (κ3) is 4.75. The van der Waals surface area contributed by atoms with E-state index in [4.69, 9.17) is 22.2 Å². The van der Waals surface area contributed by atoms with E-state index in [2.05, 4.69) is 4.74 Å². The van der Waals surface area contributed by atoms with Gasteiger partial charge in [0.15, 0.2) is 0 Å². The Labute approximate surface area is 65.1 Å². The quantitative estimate of drug-likeness (QED) is 0.368. The Balaban J connectivity index is 3.50. The molecule has 0 aliphatic heterocycles. The minimum Gasteiger partial charge on any atom is -0.464 e. The Bertz CT molecular complexity index is 107. The van der Waals surface area contributed by atoms with Crippen LogP contribution in [-0.2, 0) is 9.53 Å². The summed E-state index contributed by atoms with van der Waals surface area (Å²) >= 11 is 11.0. The first-order valence-electron chi connectivity index (χ1n) is 2.49. The van der Waals surface area contributed by atoms with E-state index in [9.17, 15) is 4.79 Å². The highest BCUT2D eigenvalue weighted by Gasteiger charge is 2.15. The van der Waals surface area contributed by atoms with Gasteiger partial charge in [0, 0.05) is 6.92 Å². The molecule has 9 heavy (non-hydrogen) atoms. The second kappa shape index (κ2) is 4.14. The molecular weight excluding hydrogens is 179 g/mol. The lowest BCUT2D eigenvalue weighted by atomic mass is 10.8. The van der Waals surface area contributed by atoms with Gasteiger partial charge in [-0.15, -0.1) is 22.2 Å². The molecule has 0 saturated heterocycles. The predicted octanol–water partition coefficient (Wildman–Crippen LogP) is 1.18. The summed E-state index contributed by atoms with van der Waals surface area (Å²) in [6.45, 7) is 3.03. The van der Waals surface area contributed by atoms with Gasteiger partial charge in [0.25, 0.3) is 7.42 Å². The molecule has 0 rings (SSSR count). The Morgan fingerprint density at radius 2 is 2.11 bits per heavy atom. The average Bonchev–Trinajstić information content (AvgIpc) is 1.63. The first-order chi connectivity index (χ1) is 4.04. The molecule has 0 fully saturated rings. The fraction of sp³-hybridized carbons (Fsp3) is 0.750. The van der Waals surface area contributed by atoms with Crippen LogP contribution in [0.25, 0.3) is 0 Å². The molecule has 5 heteroatoms. The summed E-state index contributed by atoms with van der Waals surface area (Å²) in [7, 11) is -1.82. The second-order valence-corrected chi connectivity index (χ2v) is 6.75. The van der Waals surface area contributed by atoms with Gasteiger partial charge in [0.1, 0.15) is 5.73 Å². The maximum Gasteiger partial charge on any atom is 0.302 e. The van der Waals surface area contributed by atoms with Crippen molar-refractivity contribution in [1.29, 1.82) is 0 Å². The summed E-state index contributed by atoms with van der Waals surface area (Å²) in [5.41, 5.74) is -0.286. The predicted molar refractivity (Wildman–Crippen MR) is 40.1 cm³/mol. The van der Waals surface area contributed by atoms with Gasteiger partial charge in [0.05, 0.1) is 0 Å². The standard InChI is InChI=1S/C4H8Cl2O2Si/c1-3(7)8-4(2)9(5)6/h4,9H,1-2H3. The van der Waals surface area contributed by atoms with Gasteiger partial charge in [-0.3, -0.25) is 4.79 Å². The summed E-state index contributed by atoms with van der Waals surface area (Å²) < 4.78 is 4.67. The molecule has 0 aromatic carbocycles. The van der Waals surface area contributed by atoms with Crippen LogP contribution in [0.4, 0.5) is 0 Å². The van der Waals surface area contributed by atoms with Crippen LogP contribution in [0.3, 0.4) is 0 Å². The van der Waals surface area contributed by atoms with Gasteiger partial charge in [-0.05, 0) is 6.92 Å². The molecule has 0 aromatic rings. The third-order valence-electron chi connectivity index (χ3n) is 0.707. The van der Waals surface area contributed by atoms with Crippen LogP contribution < -0.4 is 0 Å². The summed E-state index contributed by atoms with van der Waals surface area (Å²) in [4.78, 5) is 10.2. The zero-order valence-electron chi connectivity index (χ0n) is 5.23. The molecule has 0 N–H and O–H groups in total. The van der Waals surface area contributed by atoms with Crippen LogP contribution in [0.15, 0.2) is 0 Å². The Kier molecular flexibility index (Phi) is 4.26. The van der Waals surface area contributed by atoms with Gasteiger partial charge >= 0.3 is 5.97 Å². The Hall–Kier alpha value is 0.267. The van der Waals surface area contributed by atoms with Crippen LogP contribution >= 0.6 is 22.2 Å². The lowest BCUT2D eigenvalue weighted by Crippen LogP contribution is -2.22. The molecule has 0 heterocycles. The first-order valence-corrected chi connectivity index (χ1v) is 6.65. The van der Waals surface area contributed by atoms with Crippen molar-refractivity contribution in [2.75, 3.05) is 0 Å². The van der Waals surface area contributed by atoms with Gasteiger partial charge in [-0.1, -0.05) is 0 Å². The summed E-state index contributed by atoms with van der Waals surface area (Å²) in [6, 6.07) is 0. The van der Waals surface area contributed by atoms with E-state index < -0.39 is 7.42 Å². The Morgan fingerprint density at radius 3 is 2.22 bits per heavy atom. The topological polar surface area (TPSA) is 26.3 Å². The number of halogens is 2. The van der Waals surface area contributed by atoms with Crippen molar-refractivity contribution in [2.45, 2.75) is 19.6 Å². The molecule has 1 atom stereocenters. The highest BCUT2D eigenvalue weighted by Crippen LogP contribution is 2.05. The summed E-state index contributed by atoms with van der Waals surface area (Å²) in [6.07, 6.45) is 0. The number of carbonyl (C=O) groups is 1. The highest BCUT2D eigenvalue weighted by atomic mass is 35.7. The van der Waals surface area contributed by atoms with Gasteiger partial charge in [0.2, 0.25) is 0 Å². The van der Waals surface area contributed by atoms with Crippen molar-refractivity contribution < 1.29 is 9.53 Å². The molecule has 1 unspecified atom stereocenters. The van der Waals surface area contributed by atoms with E-state index in [1.54, 1.807) is 6.92 Å². The molecule has 0 radical (unpaired) electrons. The minimum absolute atomic E-state index is 0.286. The van der Waals surface area contributed by atoms with Crippen molar-refractivity contribution in [3.63, 3.8) is 0 Å². The SMILES string of the molecule is CC(=O)OC(C)[SiH](Cl)Cl. The van der Waals surface area contributed by atoms with Crippen molar-refractivity contribution in [1.82, 2.24) is 0 Å². The molecule has 0 bridgehead atoms. The number of ether oxygens (including phenoxy) is 1. The van der Waals surface area contributed by atoms with Crippen molar-refractivity contribution in [2.24, 2.45) is 0 Å². The lowest BCUT2D eigenvalue weighted by Gasteiger charge is -2.09. The molecule has 0 amide bonds. The number of carbonyl (C=O) groups excluding carboxylic acids is 1. The van der Waals surface area contributed by atoms with Crippen LogP contribution in [-0.4, -0.2) is 19.1 Å². The van der Waals surface area contributed by atoms with E-state index in [0.717, 1.165) is 0 Å². The maximum atomic E-state index is 10.2. The Morgan fingerprint density at radius 1 is 1.67 bits per heavy atom. The highest BCUT2D eigenvalue weighted by molar-refractivity contribution is 7.34. The third-order valence-corrected chi connectivity index (χ3v) is 3.68. The molecule has 0 spiro atoms. The number of hydrogen-bond acceptors (Lipinski definition) is 2. The normalized spacial score (nSPS) is 13.4. The van der Waals surface area contributed by atoms with Gasteiger partial charge in [-0.2, -0.15) is 0 Å². The van der Waals surface area contributed by atoms with E-state index in [0.29, 0.717) is 0 Å². The van der Waals surface area contributed by atoms with Crippen molar-refractivity contribution >= 4 is 35.5 Å². The minimum atomic E-state index is -1.82. The number of esters is 1. The van der Waals surface area contributed by atoms with E-state index in [1.165, 1.54) is 6.92 Å². The summed E-state index contributed by atoms with van der Waals surface area (Å²) in [5.74, 6) is -0.332. The van der Waals surface area contributed by atoms with Crippen LogP contribution in [0.1, 0.15) is 13.8 Å². The van der Waals surface area contributed by atoms with Gasteiger partial charge < -0.3 is 4.74 Å². The van der Waals surface area contributed by atoms with Crippen LogP contribution in [0.2, 0.25) is 0 Å². The summed E-state index contributed by atoms with van der Waals surface area (Å²) in [5, 5.41) is 0. The lowest BCUT2D eigenvalue weighted by molar-refractivity contribution is -0.142. The molecule has 0 aliphatic rings. The van der Waals surface area contributed by atoms with Crippen LogP contribution in [0.5, 0.6) is 0 Å². The van der Waals surface area contributed by atoms with E-state index in [-0.39, 0.29) is 11.7 Å². The first kappa shape index (κ1) is 9.27. The second-order valence-electron chi connectivity index (χ2n) is 1.65. The molecule has 0 aromatic heterocycles. The van der Waals surface area contributed by atoms with Crippen molar-refractivity contribution in [3.8, 4) is 0 Å². The molecule has 54 valence electrons. The van der Waals surface area contributed by atoms with Crippen LogP contribution in [0, 0.1) is 0 Å². The molecule has 2 nitrogen and oxygen atoms in total. The van der Waals surface area contributed by atoms with Crippen molar-refractivity contribution in [3.05, 3.63) is 0 Å². The largest absolute Gasteiger partial charge is 0.464 e. The molecular formula is C4H8Cl2O2Si. The van der Waals surface area contributed by atoms with Gasteiger partial charge in [-0.25, -0.2) is 0 Å². The zero-order chi connectivity index (χ0) is 7.44. The zero-order valence-corrected chi connectivity index (χ0v) is 7.89. The average molecular weight is 187 g/mol.